The maximum Gasteiger partial charge on any atom is 0.163 e. The van der Waals surface area contributed by atoms with Gasteiger partial charge in [-0.3, -0.25) is 4.98 Å². The number of benzene rings is 1. The normalized spacial score (nSPS) is 22.8. The number of fused-ring (bicyclic) bond motifs is 4. The Morgan fingerprint density at radius 3 is 2.78 bits per heavy atom. The minimum Gasteiger partial charge on any atom is -0.387 e. The Morgan fingerprint density at radius 1 is 1.06 bits per heavy atom. The first kappa shape index (κ1) is 21.6. The first-order valence-corrected chi connectivity index (χ1v) is 12.8. The molecule has 1 aliphatic carbocycles. The van der Waals surface area contributed by atoms with E-state index in [9.17, 15) is 5.11 Å². The summed E-state index contributed by atoms with van der Waals surface area (Å²) in [5.74, 6) is 1.88. The summed E-state index contributed by atoms with van der Waals surface area (Å²) < 4.78 is 0. The van der Waals surface area contributed by atoms with E-state index in [0.717, 1.165) is 70.0 Å². The third-order valence-electron chi connectivity index (χ3n) is 7.98. The van der Waals surface area contributed by atoms with E-state index in [1.54, 1.807) is 6.20 Å². The Morgan fingerprint density at radius 2 is 1.94 bits per heavy atom. The summed E-state index contributed by atoms with van der Waals surface area (Å²) in [5, 5.41) is 21.2. The molecule has 8 heteroatoms. The second-order valence-electron chi connectivity index (χ2n) is 10.4. The number of rotatable bonds is 4. The second kappa shape index (κ2) is 8.21. The summed E-state index contributed by atoms with van der Waals surface area (Å²) >= 11 is 0. The zero-order valence-corrected chi connectivity index (χ0v) is 20.3. The summed E-state index contributed by atoms with van der Waals surface area (Å²) in [6, 6.07) is 10.1. The predicted octanol–water partition coefficient (Wildman–Crippen LogP) is 4.51. The summed E-state index contributed by atoms with van der Waals surface area (Å²) in [7, 11) is 0. The predicted molar refractivity (Wildman–Crippen MR) is 142 cm³/mol. The molecule has 0 amide bonds. The number of aromatic nitrogens is 5. The number of piperidine rings is 1. The molecule has 0 radical (unpaired) electrons. The lowest BCUT2D eigenvalue weighted by atomic mass is 9.79. The quantitative estimate of drug-likeness (QED) is 0.300. The van der Waals surface area contributed by atoms with Gasteiger partial charge in [-0.15, -0.1) is 0 Å². The maximum atomic E-state index is 11.1. The van der Waals surface area contributed by atoms with Crippen LogP contribution in [0.3, 0.4) is 0 Å². The SMILES string of the molecule is C[C@@]1(O)CNCCC1Nc1nc(-c2ccnc3[nH]c4ccccc4c23)nc2cncc(C3CCC3)c12. The van der Waals surface area contributed by atoms with Gasteiger partial charge in [-0.2, -0.15) is 0 Å². The molecule has 5 heterocycles. The molecule has 2 aliphatic rings. The lowest BCUT2D eigenvalue weighted by Gasteiger charge is -2.38. The van der Waals surface area contributed by atoms with Gasteiger partial charge < -0.3 is 20.7 Å². The fourth-order valence-corrected chi connectivity index (χ4v) is 5.73. The molecule has 182 valence electrons. The van der Waals surface area contributed by atoms with E-state index in [2.05, 4.69) is 37.7 Å². The smallest absolute Gasteiger partial charge is 0.163 e. The fourth-order valence-electron chi connectivity index (χ4n) is 5.73. The molecule has 2 fully saturated rings. The number of H-pyrrole nitrogens is 1. The fraction of sp³-hybridized carbons (Fsp3) is 0.357. The number of pyridine rings is 2. The Kier molecular flexibility index (Phi) is 4.94. The summed E-state index contributed by atoms with van der Waals surface area (Å²) in [5.41, 5.74) is 3.91. The van der Waals surface area contributed by atoms with Gasteiger partial charge in [0, 0.05) is 46.2 Å². The number of para-hydroxylation sites is 1. The molecular formula is C28H29N7O. The van der Waals surface area contributed by atoms with Crippen molar-refractivity contribution in [1.82, 2.24) is 30.2 Å². The molecule has 2 atom stereocenters. The lowest BCUT2D eigenvalue weighted by molar-refractivity contribution is 0.0229. The molecule has 0 bridgehead atoms. The van der Waals surface area contributed by atoms with E-state index in [4.69, 9.17) is 9.97 Å². The van der Waals surface area contributed by atoms with Crippen molar-refractivity contribution in [1.29, 1.82) is 0 Å². The molecule has 1 saturated carbocycles. The molecule has 0 spiro atoms. The summed E-state index contributed by atoms with van der Waals surface area (Å²) in [4.78, 5) is 22.8. The average molecular weight is 480 g/mol. The van der Waals surface area contributed by atoms with E-state index in [-0.39, 0.29) is 6.04 Å². The topological polar surface area (TPSA) is 112 Å². The van der Waals surface area contributed by atoms with Gasteiger partial charge in [0.2, 0.25) is 0 Å². The highest BCUT2D eigenvalue weighted by Gasteiger charge is 2.35. The highest BCUT2D eigenvalue weighted by Crippen LogP contribution is 2.42. The van der Waals surface area contributed by atoms with E-state index >= 15 is 0 Å². The minimum absolute atomic E-state index is 0.127. The number of hydrogen-bond acceptors (Lipinski definition) is 7. The largest absolute Gasteiger partial charge is 0.387 e. The van der Waals surface area contributed by atoms with Gasteiger partial charge in [-0.25, -0.2) is 15.0 Å². The third kappa shape index (κ3) is 3.43. The molecule has 7 rings (SSSR count). The van der Waals surface area contributed by atoms with Crippen molar-refractivity contribution in [2.75, 3.05) is 18.4 Å². The van der Waals surface area contributed by atoms with Gasteiger partial charge in [-0.1, -0.05) is 24.6 Å². The Labute approximate surface area is 208 Å². The van der Waals surface area contributed by atoms with Crippen LogP contribution in [0.5, 0.6) is 0 Å². The van der Waals surface area contributed by atoms with E-state index in [0.29, 0.717) is 18.3 Å². The number of nitrogens with one attached hydrogen (secondary N) is 3. The number of nitrogens with zero attached hydrogens (tertiary/aromatic N) is 4. The molecule has 1 aliphatic heterocycles. The van der Waals surface area contributed by atoms with Gasteiger partial charge in [-0.05, 0) is 56.3 Å². The Bertz CT molecular complexity index is 1600. The molecule has 1 unspecified atom stereocenters. The van der Waals surface area contributed by atoms with Crippen molar-refractivity contribution in [2.45, 2.75) is 50.2 Å². The first-order valence-electron chi connectivity index (χ1n) is 12.8. The number of β-amino-alcohol motifs (C(OH)–C–C–N with tert-alkyl or cyclic N) is 1. The van der Waals surface area contributed by atoms with Crippen LogP contribution in [0.2, 0.25) is 0 Å². The summed E-state index contributed by atoms with van der Waals surface area (Å²) in [6.07, 6.45) is 9.98. The van der Waals surface area contributed by atoms with Crippen LogP contribution in [-0.4, -0.2) is 54.8 Å². The molecule has 1 saturated heterocycles. The van der Waals surface area contributed by atoms with Crippen molar-refractivity contribution >= 4 is 38.7 Å². The number of anilines is 1. The lowest BCUT2D eigenvalue weighted by Crippen LogP contribution is -2.56. The number of aliphatic hydroxyl groups is 1. The molecular weight excluding hydrogens is 450 g/mol. The average Bonchev–Trinajstić information content (AvgIpc) is 3.23. The highest BCUT2D eigenvalue weighted by molar-refractivity contribution is 6.12. The van der Waals surface area contributed by atoms with Crippen LogP contribution in [0.1, 0.15) is 44.1 Å². The van der Waals surface area contributed by atoms with E-state index in [1.165, 1.54) is 12.0 Å². The van der Waals surface area contributed by atoms with Crippen LogP contribution in [0, 0.1) is 0 Å². The van der Waals surface area contributed by atoms with Gasteiger partial charge in [0.15, 0.2) is 5.82 Å². The van der Waals surface area contributed by atoms with Crippen molar-refractivity contribution in [3.8, 4) is 11.4 Å². The van der Waals surface area contributed by atoms with Crippen molar-refractivity contribution in [3.05, 3.63) is 54.5 Å². The van der Waals surface area contributed by atoms with Crippen LogP contribution in [0.4, 0.5) is 5.82 Å². The van der Waals surface area contributed by atoms with Gasteiger partial charge >= 0.3 is 0 Å². The minimum atomic E-state index is -0.889. The zero-order chi connectivity index (χ0) is 24.3. The van der Waals surface area contributed by atoms with Crippen molar-refractivity contribution in [3.63, 3.8) is 0 Å². The van der Waals surface area contributed by atoms with Gasteiger partial charge in [0.25, 0.3) is 0 Å². The van der Waals surface area contributed by atoms with Crippen LogP contribution >= 0.6 is 0 Å². The number of aromatic amines is 1. The summed E-state index contributed by atoms with van der Waals surface area (Å²) in [6.45, 7) is 3.27. The van der Waals surface area contributed by atoms with E-state index in [1.807, 2.05) is 37.5 Å². The van der Waals surface area contributed by atoms with E-state index < -0.39 is 5.60 Å². The van der Waals surface area contributed by atoms with Crippen molar-refractivity contribution in [2.24, 2.45) is 0 Å². The van der Waals surface area contributed by atoms with Crippen LogP contribution in [0.25, 0.3) is 44.2 Å². The van der Waals surface area contributed by atoms with Crippen molar-refractivity contribution < 1.29 is 5.11 Å². The van der Waals surface area contributed by atoms with Crippen LogP contribution in [-0.2, 0) is 0 Å². The highest BCUT2D eigenvalue weighted by atomic mass is 16.3. The molecule has 4 aromatic heterocycles. The molecule has 8 nitrogen and oxygen atoms in total. The Balaban J connectivity index is 1.46. The molecule has 5 aromatic rings. The van der Waals surface area contributed by atoms with Crippen LogP contribution in [0.15, 0.2) is 48.9 Å². The zero-order valence-electron chi connectivity index (χ0n) is 20.3. The Hall–Kier alpha value is -3.62. The van der Waals surface area contributed by atoms with Crippen LogP contribution < -0.4 is 10.6 Å². The van der Waals surface area contributed by atoms with Gasteiger partial charge in [0.05, 0.1) is 23.4 Å². The third-order valence-corrected chi connectivity index (χ3v) is 7.98. The molecule has 36 heavy (non-hydrogen) atoms. The first-order chi connectivity index (χ1) is 17.6. The second-order valence-corrected chi connectivity index (χ2v) is 10.4. The molecule has 1 aromatic carbocycles. The monoisotopic (exact) mass is 479 g/mol. The van der Waals surface area contributed by atoms with Gasteiger partial charge in [0.1, 0.15) is 11.5 Å². The number of hydrogen-bond donors (Lipinski definition) is 4. The standard InChI is InChI=1S/C28H29N7O/c1-28(36)15-29-11-10-22(28)34-27-24-19(16-5-4-6-16)13-30-14-21(24)33-25(35-27)18-9-12-31-26-23(18)17-7-2-3-8-20(17)32-26/h2-3,7-9,12-14,16,22,29,36H,4-6,10-11,15H2,1H3,(H,31,32)(H,33,34,35)/t22?,28-/m1/s1. The molecule has 4 N–H and O–H groups in total. The maximum absolute atomic E-state index is 11.1.